The predicted molar refractivity (Wildman–Crippen MR) is 79.6 cm³/mol. The summed E-state index contributed by atoms with van der Waals surface area (Å²) in [6.45, 7) is 5.14. The number of aryl methyl sites for hydroxylation is 1. The standard InChI is InChI=1S/C15H22N4/c1-12-5-3-6-13(9-12)19-14(16)17-10-15(19)7-4-8-18(2)11-15/h3,5-6,9H,4,7-8,10-11H2,1-2H3,(H2,16,17). The van der Waals surface area contributed by atoms with Crippen LogP contribution in [-0.2, 0) is 0 Å². The number of rotatable bonds is 1. The topological polar surface area (TPSA) is 44.9 Å². The van der Waals surface area contributed by atoms with E-state index in [1.807, 2.05) is 0 Å². The van der Waals surface area contributed by atoms with Crippen molar-refractivity contribution in [1.82, 2.24) is 4.90 Å². The number of piperidine rings is 1. The van der Waals surface area contributed by atoms with Crippen molar-refractivity contribution in [3.63, 3.8) is 0 Å². The van der Waals surface area contributed by atoms with Gasteiger partial charge in [-0.25, -0.2) is 0 Å². The van der Waals surface area contributed by atoms with E-state index in [9.17, 15) is 0 Å². The number of guanidine groups is 1. The summed E-state index contributed by atoms with van der Waals surface area (Å²) in [6.07, 6.45) is 2.37. The van der Waals surface area contributed by atoms with Gasteiger partial charge < -0.3 is 15.5 Å². The monoisotopic (exact) mass is 258 g/mol. The van der Waals surface area contributed by atoms with Crippen molar-refractivity contribution < 1.29 is 0 Å². The highest BCUT2D eigenvalue weighted by Crippen LogP contribution is 2.35. The van der Waals surface area contributed by atoms with Gasteiger partial charge in [-0.2, -0.15) is 0 Å². The molecule has 1 spiro atoms. The molecule has 0 amide bonds. The fourth-order valence-corrected chi connectivity index (χ4v) is 3.44. The Kier molecular flexibility index (Phi) is 2.97. The van der Waals surface area contributed by atoms with Crippen LogP contribution in [0.25, 0.3) is 0 Å². The molecule has 2 aliphatic heterocycles. The van der Waals surface area contributed by atoms with Crippen LogP contribution in [0.2, 0.25) is 0 Å². The molecule has 19 heavy (non-hydrogen) atoms. The molecule has 1 unspecified atom stereocenters. The SMILES string of the molecule is Cc1cccc(N2C(N)=NCC23CCCN(C)C3)c1. The van der Waals surface area contributed by atoms with Crippen molar-refractivity contribution in [1.29, 1.82) is 0 Å². The zero-order valence-corrected chi connectivity index (χ0v) is 11.8. The number of likely N-dealkylation sites (N-methyl/N-ethyl adjacent to an activating group) is 1. The van der Waals surface area contributed by atoms with E-state index in [2.05, 4.69) is 53.0 Å². The summed E-state index contributed by atoms with van der Waals surface area (Å²) in [5, 5.41) is 0. The highest BCUT2D eigenvalue weighted by atomic mass is 15.4. The van der Waals surface area contributed by atoms with E-state index < -0.39 is 0 Å². The van der Waals surface area contributed by atoms with Crippen molar-refractivity contribution in [3.05, 3.63) is 29.8 Å². The first-order chi connectivity index (χ1) is 9.11. The third kappa shape index (κ3) is 2.10. The first-order valence-electron chi connectivity index (χ1n) is 6.96. The lowest BCUT2D eigenvalue weighted by Crippen LogP contribution is -2.60. The van der Waals surface area contributed by atoms with E-state index >= 15 is 0 Å². The summed E-state index contributed by atoms with van der Waals surface area (Å²) >= 11 is 0. The average molecular weight is 258 g/mol. The lowest BCUT2D eigenvalue weighted by atomic mass is 9.87. The Bertz CT molecular complexity index is 511. The second-order valence-corrected chi connectivity index (χ2v) is 5.91. The molecule has 4 heteroatoms. The molecule has 2 heterocycles. The number of benzene rings is 1. The van der Waals surface area contributed by atoms with Crippen LogP contribution in [0.5, 0.6) is 0 Å². The average Bonchev–Trinajstić information content (AvgIpc) is 2.66. The van der Waals surface area contributed by atoms with Gasteiger partial charge in [-0.05, 0) is 51.1 Å². The molecule has 0 bridgehead atoms. The molecule has 4 nitrogen and oxygen atoms in total. The van der Waals surface area contributed by atoms with Crippen LogP contribution in [0, 0.1) is 6.92 Å². The van der Waals surface area contributed by atoms with Gasteiger partial charge in [0, 0.05) is 12.2 Å². The first-order valence-corrected chi connectivity index (χ1v) is 6.96. The third-order valence-corrected chi connectivity index (χ3v) is 4.24. The van der Waals surface area contributed by atoms with Crippen molar-refractivity contribution >= 4 is 11.6 Å². The number of hydrogen-bond donors (Lipinski definition) is 1. The van der Waals surface area contributed by atoms with Crippen LogP contribution in [0.4, 0.5) is 5.69 Å². The molecule has 1 saturated heterocycles. The second kappa shape index (κ2) is 4.53. The lowest BCUT2D eigenvalue weighted by Gasteiger charge is -2.45. The lowest BCUT2D eigenvalue weighted by molar-refractivity contribution is 0.191. The number of nitrogens with two attached hydrogens (primary N) is 1. The molecule has 2 aliphatic rings. The minimum atomic E-state index is 0.0604. The highest BCUT2D eigenvalue weighted by molar-refractivity contribution is 5.98. The zero-order valence-electron chi connectivity index (χ0n) is 11.8. The van der Waals surface area contributed by atoms with E-state index in [0.717, 1.165) is 19.5 Å². The normalized spacial score (nSPS) is 27.9. The van der Waals surface area contributed by atoms with Crippen molar-refractivity contribution in [3.8, 4) is 0 Å². The van der Waals surface area contributed by atoms with Crippen LogP contribution in [0.15, 0.2) is 29.3 Å². The van der Waals surface area contributed by atoms with Crippen LogP contribution in [0.1, 0.15) is 18.4 Å². The van der Waals surface area contributed by atoms with Crippen LogP contribution in [-0.4, -0.2) is 43.1 Å². The number of hydrogen-bond acceptors (Lipinski definition) is 4. The molecule has 102 valence electrons. The van der Waals surface area contributed by atoms with E-state index in [4.69, 9.17) is 5.73 Å². The van der Waals surface area contributed by atoms with Crippen LogP contribution in [0.3, 0.4) is 0 Å². The molecule has 0 saturated carbocycles. The van der Waals surface area contributed by atoms with Gasteiger partial charge in [0.25, 0.3) is 0 Å². The Hall–Kier alpha value is -1.55. The molecule has 2 N–H and O–H groups in total. The Morgan fingerprint density at radius 1 is 1.37 bits per heavy atom. The molecule has 3 rings (SSSR count). The molecule has 1 fully saturated rings. The quantitative estimate of drug-likeness (QED) is 0.832. The molecular weight excluding hydrogens is 236 g/mol. The second-order valence-electron chi connectivity index (χ2n) is 5.91. The molecule has 0 aliphatic carbocycles. The highest BCUT2D eigenvalue weighted by Gasteiger charge is 2.45. The van der Waals surface area contributed by atoms with Gasteiger partial charge in [-0.1, -0.05) is 12.1 Å². The van der Waals surface area contributed by atoms with Crippen molar-refractivity contribution in [2.24, 2.45) is 10.7 Å². The minimum absolute atomic E-state index is 0.0604. The Morgan fingerprint density at radius 3 is 2.95 bits per heavy atom. The van der Waals surface area contributed by atoms with Gasteiger partial charge >= 0.3 is 0 Å². The third-order valence-electron chi connectivity index (χ3n) is 4.24. The van der Waals surface area contributed by atoms with Crippen molar-refractivity contribution in [2.75, 3.05) is 31.6 Å². The maximum atomic E-state index is 6.17. The maximum Gasteiger partial charge on any atom is 0.196 e. The molecule has 1 aromatic carbocycles. The first kappa shape index (κ1) is 12.5. The van der Waals surface area contributed by atoms with E-state index in [0.29, 0.717) is 5.96 Å². The number of anilines is 1. The summed E-state index contributed by atoms with van der Waals surface area (Å²) < 4.78 is 0. The summed E-state index contributed by atoms with van der Waals surface area (Å²) in [7, 11) is 2.18. The van der Waals surface area contributed by atoms with Gasteiger partial charge in [-0.3, -0.25) is 4.99 Å². The number of likely N-dealkylation sites (tertiary alicyclic amines) is 1. The Labute approximate surface area is 114 Å². The van der Waals surface area contributed by atoms with E-state index in [-0.39, 0.29) is 5.54 Å². The van der Waals surface area contributed by atoms with Gasteiger partial charge in [0.15, 0.2) is 5.96 Å². The predicted octanol–water partition coefficient (Wildman–Crippen LogP) is 1.59. The molecule has 1 aromatic rings. The zero-order chi connectivity index (χ0) is 13.5. The summed E-state index contributed by atoms with van der Waals surface area (Å²) in [5.41, 5.74) is 8.67. The van der Waals surface area contributed by atoms with Crippen LogP contribution >= 0.6 is 0 Å². The smallest absolute Gasteiger partial charge is 0.196 e. The summed E-state index contributed by atoms with van der Waals surface area (Å²) in [6, 6.07) is 8.55. The molecule has 0 aromatic heterocycles. The van der Waals surface area contributed by atoms with Crippen LogP contribution < -0.4 is 10.6 Å². The molecule has 0 radical (unpaired) electrons. The minimum Gasteiger partial charge on any atom is -0.369 e. The number of nitrogens with zero attached hydrogens (tertiary/aromatic N) is 3. The Morgan fingerprint density at radius 2 is 2.21 bits per heavy atom. The Balaban J connectivity index is 1.98. The van der Waals surface area contributed by atoms with Gasteiger partial charge in [0.2, 0.25) is 0 Å². The summed E-state index contributed by atoms with van der Waals surface area (Å²) in [5.74, 6) is 0.668. The van der Waals surface area contributed by atoms with E-state index in [1.54, 1.807) is 0 Å². The fourth-order valence-electron chi connectivity index (χ4n) is 3.44. The van der Waals surface area contributed by atoms with Gasteiger partial charge in [0.1, 0.15) is 0 Å². The fraction of sp³-hybridized carbons (Fsp3) is 0.533. The summed E-state index contributed by atoms with van der Waals surface area (Å²) in [4.78, 5) is 9.18. The molecule has 1 atom stereocenters. The number of aliphatic imine (C=N–C) groups is 1. The van der Waals surface area contributed by atoms with E-state index in [1.165, 1.54) is 24.2 Å². The van der Waals surface area contributed by atoms with Gasteiger partial charge in [0.05, 0.1) is 12.1 Å². The molecular formula is C15H22N4. The maximum absolute atomic E-state index is 6.17. The van der Waals surface area contributed by atoms with Crippen molar-refractivity contribution in [2.45, 2.75) is 25.3 Å². The largest absolute Gasteiger partial charge is 0.369 e. The van der Waals surface area contributed by atoms with Gasteiger partial charge in [-0.15, -0.1) is 0 Å².